The fourth-order valence-corrected chi connectivity index (χ4v) is 4.25. The van der Waals surface area contributed by atoms with Gasteiger partial charge in [0.1, 0.15) is 10.0 Å². The van der Waals surface area contributed by atoms with Crippen molar-refractivity contribution in [3.8, 4) is 10.6 Å². The summed E-state index contributed by atoms with van der Waals surface area (Å²) in [6.45, 7) is 1.08. The Hall–Kier alpha value is -0.300. The fraction of sp³-hybridized carbons (Fsp3) is 0.429. The molecule has 2 aromatic rings. The molecule has 1 heterocycles. The molecule has 1 aliphatic carbocycles. The number of hydrogen-bond acceptors (Lipinski definition) is 4. The summed E-state index contributed by atoms with van der Waals surface area (Å²) in [6.07, 6.45) is 4.83. The summed E-state index contributed by atoms with van der Waals surface area (Å²) >= 11 is 8.73. The Morgan fingerprint density at radius 3 is 2.85 bits per heavy atom. The van der Waals surface area contributed by atoms with Crippen molar-refractivity contribution in [2.24, 2.45) is 0 Å². The summed E-state index contributed by atoms with van der Waals surface area (Å²) in [5.41, 5.74) is 1.10. The van der Waals surface area contributed by atoms with E-state index in [-0.39, 0.29) is 0 Å². The molecule has 1 aliphatic rings. The van der Waals surface area contributed by atoms with E-state index in [9.17, 15) is 0 Å². The molecule has 3 nitrogen and oxygen atoms in total. The molecule has 0 aliphatic heterocycles. The maximum absolute atomic E-state index is 4.31. The van der Waals surface area contributed by atoms with Crippen LogP contribution in [-0.4, -0.2) is 22.8 Å². The molecule has 1 fully saturated rings. The van der Waals surface area contributed by atoms with Gasteiger partial charge in [-0.2, -0.15) is 0 Å². The van der Waals surface area contributed by atoms with E-state index >= 15 is 0 Å². The van der Waals surface area contributed by atoms with Crippen LogP contribution >= 0.6 is 43.2 Å². The molecule has 20 heavy (non-hydrogen) atoms. The minimum absolute atomic E-state index is 0.790. The summed E-state index contributed by atoms with van der Waals surface area (Å²) in [6, 6.07) is 6.92. The minimum Gasteiger partial charge on any atom is -0.314 e. The van der Waals surface area contributed by atoms with E-state index in [4.69, 9.17) is 0 Å². The maximum atomic E-state index is 4.31. The highest BCUT2D eigenvalue weighted by molar-refractivity contribution is 9.11. The van der Waals surface area contributed by atoms with Crippen molar-refractivity contribution in [3.05, 3.63) is 32.2 Å². The third-order valence-electron chi connectivity index (χ3n) is 3.21. The minimum atomic E-state index is 0.790. The van der Waals surface area contributed by atoms with E-state index in [1.54, 1.807) is 11.3 Å². The van der Waals surface area contributed by atoms with Gasteiger partial charge >= 0.3 is 0 Å². The van der Waals surface area contributed by atoms with Gasteiger partial charge in [0, 0.05) is 27.0 Å². The molecule has 0 unspecified atom stereocenters. The SMILES string of the molecule is Brc1ccc(-c2nnc(CCCNC3CC3)s2)c(Br)c1. The van der Waals surface area contributed by atoms with Crippen molar-refractivity contribution < 1.29 is 0 Å². The lowest BCUT2D eigenvalue weighted by Gasteiger charge is -2.00. The number of aromatic nitrogens is 2. The van der Waals surface area contributed by atoms with E-state index in [0.717, 1.165) is 50.0 Å². The van der Waals surface area contributed by atoms with Crippen molar-refractivity contribution in [3.63, 3.8) is 0 Å². The Kier molecular flexibility index (Phi) is 4.86. The van der Waals surface area contributed by atoms with Crippen LogP contribution in [0.5, 0.6) is 0 Å². The van der Waals surface area contributed by atoms with Gasteiger partial charge in [-0.05, 0) is 44.0 Å². The predicted molar refractivity (Wildman–Crippen MR) is 90.1 cm³/mol. The molecule has 3 rings (SSSR count). The highest BCUT2D eigenvalue weighted by atomic mass is 79.9. The largest absolute Gasteiger partial charge is 0.314 e. The van der Waals surface area contributed by atoms with Crippen LogP contribution in [0.4, 0.5) is 0 Å². The number of aryl methyl sites for hydroxylation is 1. The van der Waals surface area contributed by atoms with Gasteiger partial charge < -0.3 is 5.32 Å². The number of halogens is 2. The summed E-state index contributed by atoms with van der Waals surface area (Å²) in [4.78, 5) is 0. The van der Waals surface area contributed by atoms with Crippen molar-refractivity contribution in [1.29, 1.82) is 0 Å². The van der Waals surface area contributed by atoms with Crippen LogP contribution in [0.15, 0.2) is 27.1 Å². The van der Waals surface area contributed by atoms with Crippen LogP contribution in [0, 0.1) is 0 Å². The Labute approximate surface area is 139 Å². The average Bonchev–Trinajstić information content (AvgIpc) is 3.13. The van der Waals surface area contributed by atoms with Gasteiger partial charge in [0.05, 0.1) is 0 Å². The average molecular weight is 417 g/mol. The summed E-state index contributed by atoms with van der Waals surface area (Å²) in [7, 11) is 0. The molecule has 0 spiro atoms. The van der Waals surface area contributed by atoms with Crippen LogP contribution in [0.2, 0.25) is 0 Å². The van der Waals surface area contributed by atoms with Gasteiger partial charge in [-0.1, -0.05) is 43.2 Å². The lowest BCUT2D eigenvalue weighted by molar-refractivity contribution is 0.643. The smallest absolute Gasteiger partial charge is 0.148 e. The third-order valence-corrected chi connectivity index (χ3v) is 5.37. The highest BCUT2D eigenvalue weighted by Gasteiger charge is 2.19. The van der Waals surface area contributed by atoms with Crippen LogP contribution < -0.4 is 5.32 Å². The van der Waals surface area contributed by atoms with Gasteiger partial charge in [0.2, 0.25) is 0 Å². The molecule has 1 aromatic carbocycles. The lowest BCUT2D eigenvalue weighted by atomic mass is 10.2. The molecule has 106 valence electrons. The predicted octanol–water partition coefficient (Wildman–Crippen LogP) is 4.41. The first kappa shape index (κ1) is 14.6. The normalized spacial score (nSPS) is 14.7. The standard InChI is InChI=1S/C14H15Br2N3S/c15-9-3-6-11(12(16)8-9)14-19-18-13(20-14)2-1-7-17-10-4-5-10/h3,6,8,10,17H,1-2,4-5,7H2. The summed E-state index contributed by atoms with van der Waals surface area (Å²) < 4.78 is 2.11. The second kappa shape index (κ2) is 6.64. The van der Waals surface area contributed by atoms with Gasteiger partial charge in [0.25, 0.3) is 0 Å². The highest BCUT2D eigenvalue weighted by Crippen LogP contribution is 2.32. The third kappa shape index (κ3) is 3.87. The van der Waals surface area contributed by atoms with Crippen molar-refractivity contribution >= 4 is 43.2 Å². The molecule has 1 saturated carbocycles. The lowest BCUT2D eigenvalue weighted by Crippen LogP contribution is -2.17. The topological polar surface area (TPSA) is 37.8 Å². The van der Waals surface area contributed by atoms with Gasteiger partial charge in [-0.3, -0.25) is 0 Å². The molecule has 0 atom stereocenters. The molecule has 0 amide bonds. The Balaban J connectivity index is 1.60. The van der Waals surface area contributed by atoms with Crippen LogP contribution in [0.1, 0.15) is 24.3 Å². The second-order valence-corrected chi connectivity index (χ2v) is 7.79. The Morgan fingerprint density at radius 1 is 1.25 bits per heavy atom. The van der Waals surface area contributed by atoms with E-state index in [2.05, 4.69) is 53.4 Å². The number of rotatable bonds is 6. The van der Waals surface area contributed by atoms with Crippen molar-refractivity contribution in [2.45, 2.75) is 31.7 Å². The monoisotopic (exact) mass is 415 g/mol. The van der Waals surface area contributed by atoms with Crippen molar-refractivity contribution in [2.75, 3.05) is 6.54 Å². The first-order valence-electron chi connectivity index (χ1n) is 6.73. The Bertz CT molecular complexity index is 596. The zero-order valence-electron chi connectivity index (χ0n) is 10.9. The molecule has 0 bridgehead atoms. The quantitative estimate of drug-likeness (QED) is 0.708. The molecule has 6 heteroatoms. The number of nitrogens with one attached hydrogen (secondary N) is 1. The number of hydrogen-bond donors (Lipinski definition) is 1. The number of benzene rings is 1. The summed E-state index contributed by atoms with van der Waals surface area (Å²) in [5, 5.41) is 14.2. The van der Waals surface area contributed by atoms with Gasteiger partial charge in [0.15, 0.2) is 0 Å². The molecular formula is C14H15Br2N3S. The van der Waals surface area contributed by atoms with Gasteiger partial charge in [-0.25, -0.2) is 0 Å². The molecule has 0 radical (unpaired) electrons. The first-order valence-corrected chi connectivity index (χ1v) is 9.14. The van der Waals surface area contributed by atoms with E-state index in [1.165, 1.54) is 12.8 Å². The van der Waals surface area contributed by atoms with E-state index in [1.807, 2.05) is 12.1 Å². The summed E-state index contributed by atoms with van der Waals surface area (Å²) in [5.74, 6) is 0. The Morgan fingerprint density at radius 2 is 2.10 bits per heavy atom. The second-order valence-electron chi connectivity index (χ2n) is 4.96. The fourth-order valence-electron chi connectivity index (χ4n) is 1.96. The number of nitrogens with zero attached hydrogens (tertiary/aromatic N) is 2. The van der Waals surface area contributed by atoms with Crippen LogP contribution in [0.3, 0.4) is 0 Å². The maximum Gasteiger partial charge on any atom is 0.148 e. The van der Waals surface area contributed by atoms with Gasteiger partial charge in [-0.15, -0.1) is 10.2 Å². The molecule has 1 N–H and O–H groups in total. The van der Waals surface area contributed by atoms with Crippen LogP contribution in [-0.2, 0) is 6.42 Å². The molecule has 0 saturated heterocycles. The van der Waals surface area contributed by atoms with E-state index < -0.39 is 0 Å². The zero-order chi connectivity index (χ0) is 13.9. The first-order chi connectivity index (χ1) is 9.72. The molecule has 1 aromatic heterocycles. The zero-order valence-corrected chi connectivity index (χ0v) is 14.9. The van der Waals surface area contributed by atoms with Crippen LogP contribution in [0.25, 0.3) is 10.6 Å². The van der Waals surface area contributed by atoms with E-state index in [0.29, 0.717) is 0 Å². The van der Waals surface area contributed by atoms with Crippen molar-refractivity contribution in [1.82, 2.24) is 15.5 Å². The molecular weight excluding hydrogens is 402 g/mol.